The molecule has 0 unspecified atom stereocenters. The lowest BCUT2D eigenvalue weighted by atomic mass is 10.1. The van der Waals surface area contributed by atoms with Crippen molar-refractivity contribution in [2.45, 2.75) is 25.9 Å². The molecule has 1 fully saturated rings. The highest BCUT2D eigenvalue weighted by Gasteiger charge is 2.11. The topological polar surface area (TPSA) is 97.0 Å². The van der Waals surface area contributed by atoms with Gasteiger partial charge in [0.15, 0.2) is 5.65 Å². The monoisotopic (exact) mass is 497 g/mol. The van der Waals surface area contributed by atoms with Gasteiger partial charge < -0.3 is 19.5 Å². The van der Waals surface area contributed by atoms with Gasteiger partial charge in [-0.15, -0.1) is 0 Å². The van der Waals surface area contributed by atoms with Crippen LogP contribution in [0.3, 0.4) is 0 Å². The van der Waals surface area contributed by atoms with Crippen LogP contribution in [-0.2, 0) is 30.7 Å². The minimum absolute atomic E-state index is 0.707. The highest BCUT2D eigenvalue weighted by atomic mass is 16.5. The van der Waals surface area contributed by atoms with Gasteiger partial charge >= 0.3 is 0 Å². The number of benzene rings is 1. The molecule has 5 aromatic rings. The molecule has 2 N–H and O–H groups in total. The molecule has 37 heavy (non-hydrogen) atoms. The number of aromatic nitrogens is 5. The van der Waals surface area contributed by atoms with Crippen molar-refractivity contribution in [3.05, 3.63) is 84.5 Å². The zero-order valence-electron chi connectivity index (χ0n) is 20.8. The Kier molecular flexibility index (Phi) is 6.96. The number of anilines is 1. The van der Waals surface area contributed by atoms with Crippen molar-refractivity contribution in [2.24, 2.45) is 0 Å². The number of furan rings is 1. The van der Waals surface area contributed by atoms with E-state index in [1.807, 2.05) is 29.1 Å². The first-order valence-corrected chi connectivity index (χ1v) is 12.8. The summed E-state index contributed by atoms with van der Waals surface area (Å²) in [6.07, 6.45) is 9.14. The van der Waals surface area contributed by atoms with Crippen molar-refractivity contribution < 1.29 is 9.15 Å². The summed E-state index contributed by atoms with van der Waals surface area (Å²) < 4.78 is 12.9. The number of pyridine rings is 1. The van der Waals surface area contributed by atoms with E-state index in [-0.39, 0.29) is 0 Å². The molecule has 0 bridgehead atoms. The Morgan fingerprint density at radius 3 is 2.70 bits per heavy atom. The van der Waals surface area contributed by atoms with Crippen LogP contribution >= 0.6 is 0 Å². The van der Waals surface area contributed by atoms with Crippen LogP contribution in [0.4, 0.5) is 5.69 Å². The zero-order valence-corrected chi connectivity index (χ0v) is 20.8. The molecule has 0 aliphatic carbocycles. The lowest BCUT2D eigenvalue weighted by Gasteiger charge is -2.26. The fraction of sp³-hybridized carbons (Fsp3) is 0.321. The summed E-state index contributed by atoms with van der Waals surface area (Å²) in [5.74, 6) is 1.86. The third-order valence-corrected chi connectivity index (χ3v) is 6.78. The summed E-state index contributed by atoms with van der Waals surface area (Å²) in [5.41, 5.74) is 6.15. The average molecular weight is 498 g/mol. The van der Waals surface area contributed by atoms with Gasteiger partial charge in [-0.2, -0.15) is 5.10 Å². The van der Waals surface area contributed by atoms with E-state index < -0.39 is 0 Å². The van der Waals surface area contributed by atoms with Crippen LogP contribution in [0.2, 0.25) is 0 Å². The zero-order chi connectivity index (χ0) is 24.9. The van der Waals surface area contributed by atoms with Crippen molar-refractivity contribution in [1.29, 1.82) is 0 Å². The predicted molar refractivity (Wildman–Crippen MR) is 142 cm³/mol. The molecule has 9 heteroatoms. The average Bonchev–Trinajstić information content (AvgIpc) is 3.71. The smallest absolute Gasteiger partial charge is 0.179 e. The van der Waals surface area contributed by atoms with Gasteiger partial charge in [-0.05, 0) is 29.3 Å². The molecular weight excluding hydrogens is 466 g/mol. The van der Waals surface area contributed by atoms with Crippen LogP contribution in [0.1, 0.15) is 17.1 Å². The summed E-state index contributed by atoms with van der Waals surface area (Å²) in [4.78, 5) is 14.9. The van der Waals surface area contributed by atoms with E-state index in [2.05, 4.69) is 60.7 Å². The molecule has 1 aromatic carbocycles. The van der Waals surface area contributed by atoms with E-state index in [0.717, 1.165) is 86.2 Å². The normalized spacial score (nSPS) is 14.4. The molecule has 5 heterocycles. The SMILES string of the molecule is c1coc(CCc2nc3nccc(NCc4ccc(-c5cnn(CCN6CCOCC6)c5)cc4)c3[nH]2)c1. The number of aromatic amines is 1. The van der Waals surface area contributed by atoms with Crippen molar-refractivity contribution in [2.75, 3.05) is 38.2 Å². The molecule has 4 aromatic heterocycles. The maximum atomic E-state index is 5.43. The highest BCUT2D eigenvalue weighted by Crippen LogP contribution is 2.23. The van der Waals surface area contributed by atoms with Crippen molar-refractivity contribution in [3.63, 3.8) is 0 Å². The van der Waals surface area contributed by atoms with Crippen molar-refractivity contribution in [1.82, 2.24) is 29.6 Å². The summed E-state index contributed by atoms with van der Waals surface area (Å²) in [5, 5.41) is 8.10. The fourth-order valence-electron chi connectivity index (χ4n) is 4.64. The van der Waals surface area contributed by atoms with E-state index in [1.54, 1.807) is 12.5 Å². The lowest BCUT2D eigenvalue weighted by Crippen LogP contribution is -2.38. The van der Waals surface area contributed by atoms with Gasteiger partial charge in [0.1, 0.15) is 17.1 Å². The van der Waals surface area contributed by atoms with Gasteiger partial charge in [0.25, 0.3) is 0 Å². The van der Waals surface area contributed by atoms with E-state index in [9.17, 15) is 0 Å². The molecule has 1 aliphatic rings. The minimum Gasteiger partial charge on any atom is -0.469 e. The van der Waals surface area contributed by atoms with Crippen molar-refractivity contribution in [3.8, 4) is 11.1 Å². The van der Waals surface area contributed by atoms with E-state index >= 15 is 0 Å². The number of fused-ring (bicyclic) bond motifs is 1. The van der Waals surface area contributed by atoms with Gasteiger partial charge in [-0.25, -0.2) is 9.97 Å². The maximum Gasteiger partial charge on any atom is 0.179 e. The number of H-pyrrole nitrogens is 1. The second kappa shape index (κ2) is 11.0. The van der Waals surface area contributed by atoms with Gasteiger partial charge in [0.2, 0.25) is 0 Å². The summed E-state index contributed by atoms with van der Waals surface area (Å²) in [7, 11) is 0. The third-order valence-electron chi connectivity index (χ3n) is 6.78. The molecule has 0 spiro atoms. The summed E-state index contributed by atoms with van der Waals surface area (Å²) in [6.45, 7) is 6.25. The summed E-state index contributed by atoms with van der Waals surface area (Å²) >= 11 is 0. The maximum absolute atomic E-state index is 5.43. The van der Waals surface area contributed by atoms with Gasteiger partial charge in [-0.1, -0.05) is 24.3 Å². The van der Waals surface area contributed by atoms with Crippen LogP contribution < -0.4 is 5.32 Å². The van der Waals surface area contributed by atoms with Crippen LogP contribution in [0, 0.1) is 0 Å². The Morgan fingerprint density at radius 1 is 0.973 bits per heavy atom. The van der Waals surface area contributed by atoms with Gasteiger partial charge in [0, 0.05) is 57.0 Å². The molecule has 0 saturated carbocycles. The van der Waals surface area contributed by atoms with E-state index in [1.165, 1.54) is 11.1 Å². The predicted octanol–water partition coefficient (Wildman–Crippen LogP) is 4.14. The number of imidazole rings is 1. The minimum atomic E-state index is 0.707. The Morgan fingerprint density at radius 2 is 1.86 bits per heavy atom. The number of hydrogen-bond acceptors (Lipinski definition) is 7. The number of morpholine rings is 1. The van der Waals surface area contributed by atoms with Crippen LogP contribution in [0.25, 0.3) is 22.3 Å². The molecule has 0 atom stereocenters. The van der Waals surface area contributed by atoms with Crippen LogP contribution in [0.5, 0.6) is 0 Å². The molecular formula is C28H31N7O2. The number of aryl methyl sites for hydroxylation is 2. The molecule has 6 rings (SSSR count). The highest BCUT2D eigenvalue weighted by molar-refractivity contribution is 5.85. The lowest BCUT2D eigenvalue weighted by molar-refractivity contribution is 0.0360. The third kappa shape index (κ3) is 5.73. The number of hydrogen-bond donors (Lipinski definition) is 2. The Bertz CT molecular complexity index is 1420. The first kappa shape index (κ1) is 23.4. The second-order valence-corrected chi connectivity index (χ2v) is 9.32. The molecule has 190 valence electrons. The Labute approximate surface area is 215 Å². The fourth-order valence-corrected chi connectivity index (χ4v) is 4.64. The molecule has 1 saturated heterocycles. The number of nitrogens with zero attached hydrogens (tertiary/aromatic N) is 5. The summed E-state index contributed by atoms with van der Waals surface area (Å²) in [6, 6.07) is 14.5. The van der Waals surface area contributed by atoms with Crippen LogP contribution in [0.15, 0.2) is 71.7 Å². The second-order valence-electron chi connectivity index (χ2n) is 9.32. The number of rotatable bonds is 10. The molecule has 0 amide bonds. The first-order valence-electron chi connectivity index (χ1n) is 12.8. The number of nitrogens with one attached hydrogen (secondary N) is 2. The molecule has 9 nitrogen and oxygen atoms in total. The van der Waals surface area contributed by atoms with Gasteiger partial charge in [-0.3, -0.25) is 9.58 Å². The largest absolute Gasteiger partial charge is 0.469 e. The van der Waals surface area contributed by atoms with Gasteiger partial charge in [0.05, 0.1) is 37.9 Å². The standard InChI is InChI=1S/C28H31N7O2/c1-2-24(37-15-1)7-8-26-32-27-25(9-10-29-28(27)33-26)30-18-21-3-5-22(6-4-21)23-19-31-35(20-23)12-11-34-13-16-36-17-14-34/h1-6,9-10,15,19-20H,7-8,11-14,16-18H2,(H2,29,30,32,33). The Hall–Kier alpha value is -3.95. The molecule has 0 radical (unpaired) electrons. The first-order chi connectivity index (χ1) is 18.3. The Balaban J connectivity index is 1.05. The molecule has 1 aliphatic heterocycles. The van der Waals surface area contributed by atoms with Crippen LogP contribution in [-0.4, -0.2) is 62.5 Å². The van der Waals surface area contributed by atoms with E-state index in [0.29, 0.717) is 6.54 Å². The van der Waals surface area contributed by atoms with E-state index in [4.69, 9.17) is 9.15 Å². The number of ether oxygens (including phenoxy) is 1. The van der Waals surface area contributed by atoms with Crippen molar-refractivity contribution >= 4 is 16.9 Å². The quantitative estimate of drug-likeness (QED) is 0.299.